The summed E-state index contributed by atoms with van der Waals surface area (Å²) >= 11 is 3.38. The molecule has 3 aromatic rings. The van der Waals surface area contributed by atoms with Crippen molar-refractivity contribution in [1.29, 1.82) is 0 Å². The summed E-state index contributed by atoms with van der Waals surface area (Å²) in [6, 6.07) is 21.4. The molecule has 0 radical (unpaired) electrons. The maximum atomic E-state index is 12.3. The highest BCUT2D eigenvalue weighted by molar-refractivity contribution is 9.10. The van der Waals surface area contributed by atoms with Gasteiger partial charge in [0.05, 0.1) is 5.56 Å². The van der Waals surface area contributed by atoms with Gasteiger partial charge in [0.1, 0.15) is 5.75 Å². The van der Waals surface area contributed by atoms with Crippen LogP contribution in [0.3, 0.4) is 0 Å². The molecule has 0 amide bonds. The number of carbonyl (C=O) groups is 1. The van der Waals surface area contributed by atoms with Crippen LogP contribution in [0.1, 0.15) is 21.5 Å². The van der Waals surface area contributed by atoms with Gasteiger partial charge in [-0.25, -0.2) is 4.79 Å². The second kappa shape index (κ2) is 7.02. The lowest BCUT2D eigenvalue weighted by molar-refractivity contribution is 0.0732. The number of rotatable bonds is 3. The zero-order valence-corrected chi connectivity index (χ0v) is 15.1. The largest absolute Gasteiger partial charge is 0.423 e. The van der Waals surface area contributed by atoms with Gasteiger partial charge in [-0.1, -0.05) is 48.0 Å². The van der Waals surface area contributed by atoms with Crippen LogP contribution < -0.4 is 4.74 Å². The molecule has 3 heteroatoms. The van der Waals surface area contributed by atoms with Gasteiger partial charge in [0, 0.05) is 4.47 Å². The Kier molecular flexibility index (Phi) is 4.81. The Hall–Kier alpha value is -2.39. The van der Waals surface area contributed by atoms with Crippen LogP contribution in [0.4, 0.5) is 0 Å². The van der Waals surface area contributed by atoms with E-state index in [0.29, 0.717) is 11.3 Å². The first kappa shape index (κ1) is 16.5. The van der Waals surface area contributed by atoms with Gasteiger partial charge in [-0.2, -0.15) is 0 Å². The van der Waals surface area contributed by atoms with Gasteiger partial charge in [-0.15, -0.1) is 0 Å². The summed E-state index contributed by atoms with van der Waals surface area (Å²) in [4.78, 5) is 12.3. The maximum absolute atomic E-state index is 12.3. The lowest BCUT2D eigenvalue weighted by Crippen LogP contribution is -2.10. The van der Waals surface area contributed by atoms with Crippen molar-refractivity contribution in [1.82, 2.24) is 0 Å². The predicted octanol–water partition coefficient (Wildman–Crippen LogP) is 5.95. The fourth-order valence-electron chi connectivity index (χ4n) is 2.55. The Labute approximate surface area is 150 Å². The molecule has 0 aliphatic rings. The Balaban J connectivity index is 1.86. The van der Waals surface area contributed by atoms with E-state index in [1.54, 1.807) is 6.07 Å². The SMILES string of the molecule is Cc1cccc(-c2ccc(OC(=O)c3ccccc3Br)c(C)c2)c1. The quantitative estimate of drug-likeness (QED) is 0.414. The van der Waals surface area contributed by atoms with Crippen LogP contribution in [0.2, 0.25) is 0 Å². The van der Waals surface area contributed by atoms with E-state index in [1.165, 1.54) is 5.56 Å². The summed E-state index contributed by atoms with van der Waals surface area (Å²) in [5, 5.41) is 0. The van der Waals surface area contributed by atoms with Gasteiger partial charge in [-0.3, -0.25) is 0 Å². The molecule has 2 nitrogen and oxygen atoms in total. The normalized spacial score (nSPS) is 10.5. The van der Waals surface area contributed by atoms with Gasteiger partial charge in [-0.05, 0) is 70.7 Å². The zero-order valence-electron chi connectivity index (χ0n) is 13.5. The number of carbonyl (C=O) groups excluding carboxylic acids is 1. The van der Waals surface area contributed by atoms with Crippen molar-refractivity contribution in [2.24, 2.45) is 0 Å². The fourth-order valence-corrected chi connectivity index (χ4v) is 3.00. The van der Waals surface area contributed by atoms with Crippen LogP contribution in [0, 0.1) is 13.8 Å². The van der Waals surface area contributed by atoms with Gasteiger partial charge in [0.25, 0.3) is 0 Å². The number of aryl methyl sites for hydroxylation is 2. The number of halogens is 1. The zero-order chi connectivity index (χ0) is 17.1. The summed E-state index contributed by atoms with van der Waals surface area (Å²) in [6.45, 7) is 4.02. The molecule has 0 aromatic heterocycles. The van der Waals surface area contributed by atoms with Crippen LogP contribution in [-0.2, 0) is 0 Å². The molecule has 0 saturated heterocycles. The molecule has 0 heterocycles. The Morgan fingerprint density at radius 1 is 0.875 bits per heavy atom. The third-order valence-electron chi connectivity index (χ3n) is 3.82. The third kappa shape index (κ3) is 3.57. The average molecular weight is 381 g/mol. The minimum atomic E-state index is -0.367. The van der Waals surface area contributed by atoms with Crippen molar-refractivity contribution in [3.05, 3.63) is 87.9 Å². The van der Waals surface area contributed by atoms with Crippen molar-refractivity contribution < 1.29 is 9.53 Å². The van der Waals surface area contributed by atoms with E-state index in [2.05, 4.69) is 41.1 Å². The van der Waals surface area contributed by atoms with E-state index < -0.39 is 0 Å². The average Bonchev–Trinajstić information content (AvgIpc) is 2.57. The van der Waals surface area contributed by atoms with Crippen LogP contribution in [-0.4, -0.2) is 5.97 Å². The first-order valence-electron chi connectivity index (χ1n) is 7.69. The molecule has 0 aliphatic carbocycles. The van der Waals surface area contributed by atoms with E-state index >= 15 is 0 Å². The molecule has 0 saturated carbocycles. The van der Waals surface area contributed by atoms with Crippen molar-refractivity contribution in [2.75, 3.05) is 0 Å². The molecule has 3 rings (SSSR count). The fraction of sp³-hybridized carbons (Fsp3) is 0.0952. The van der Waals surface area contributed by atoms with Crippen molar-refractivity contribution >= 4 is 21.9 Å². The standard InChI is InChI=1S/C21H17BrO2/c1-14-6-5-7-16(12-14)17-10-11-20(15(2)13-17)24-21(23)18-8-3-4-9-19(18)22/h3-13H,1-2H3. The summed E-state index contributed by atoms with van der Waals surface area (Å²) in [7, 11) is 0. The van der Waals surface area contributed by atoms with Gasteiger partial charge in [0.15, 0.2) is 0 Å². The summed E-state index contributed by atoms with van der Waals surface area (Å²) < 4.78 is 6.28. The summed E-state index contributed by atoms with van der Waals surface area (Å²) in [5.74, 6) is 0.209. The van der Waals surface area contributed by atoms with Crippen LogP contribution in [0.15, 0.2) is 71.2 Å². The number of esters is 1. The van der Waals surface area contributed by atoms with Crippen LogP contribution in [0.25, 0.3) is 11.1 Å². The Morgan fingerprint density at radius 3 is 2.33 bits per heavy atom. The molecule has 0 spiro atoms. The molecule has 24 heavy (non-hydrogen) atoms. The van der Waals surface area contributed by atoms with E-state index in [-0.39, 0.29) is 5.97 Å². The van der Waals surface area contributed by atoms with E-state index in [4.69, 9.17) is 4.74 Å². The number of hydrogen-bond donors (Lipinski definition) is 0. The lowest BCUT2D eigenvalue weighted by Gasteiger charge is -2.10. The molecular formula is C21H17BrO2. The monoisotopic (exact) mass is 380 g/mol. The van der Waals surface area contributed by atoms with Crippen molar-refractivity contribution in [2.45, 2.75) is 13.8 Å². The second-order valence-electron chi connectivity index (χ2n) is 5.72. The predicted molar refractivity (Wildman–Crippen MR) is 100 cm³/mol. The molecule has 3 aromatic carbocycles. The Bertz CT molecular complexity index is 900. The smallest absolute Gasteiger partial charge is 0.344 e. The molecule has 0 atom stereocenters. The molecule has 0 fully saturated rings. The molecule has 120 valence electrons. The highest BCUT2D eigenvalue weighted by atomic mass is 79.9. The van der Waals surface area contributed by atoms with Crippen molar-refractivity contribution in [3.63, 3.8) is 0 Å². The van der Waals surface area contributed by atoms with Gasteiger partial charge >= 0.3 is 5.97 Å². The number of ether oxygens (including phenoxy) is 1. The second-order valence-corrected chi connectivity index (χ2v) is 6.57. The van der Waals surface area contributed by atoms with E-state index in [1.807, 2.05) is 49.4 Å². The van der Waals surface area contributed by atoms with E-state index in [0.717, 1.165) is 21.2 Å². The van der Waals surface area contributed by atoms with E-state index in [9.17, 15) is 4.79 Å². The number of benzene rings is 3. The van der Waals surface area contributed by atoms with Crippen molar-refractivity contribution in [3.8, 4) is 16.9 Å². The van der Waals surface area contributed by atoms with Crippen LogP contribution in [0.5, 0.6) is 5.75 Å². The molecule has 0 aliphatic heterocycles. The summed E-state index contributed by atoms with van der Waals surface area (Å²) in [6.07, 6.45) is 0. The maximum Gasteiger partial charge on any atom is 0.344 e. The lowest BCUT2D eigenvalue weighted by atomic mass is 10.0. The molecule has 0 N–H and O–H groups in total. The van der Waals surface area contributed by atoms with Gasteiger partial charge < -0.3 is 4.74 Å². The first-order valence-corrected chi connectivity index (χ1v) is 8.48. The minimum absolute atomic E-state index is 0.367. The molecular weight excluding hydrogens is 364 g/mol. The highest BCUT2D eigenvalue weighted by Gasteiger charge is 2.13. The number of hydrogen-bond acceptors (Lipinski definition) is 2. The highest BCUT2D eigenvalue weighted by Crippen LogP contribution is 2.28. The molecule has 0 unspecified atom stereocenters. The third-order valence-corrected chi connectivity index (χ3v) is 4.51. The topological polar surface area (TPSA) is 26.3 Å². The molecule has 0 bridgehead atoms. The Morgan fingerprint density at radius 2 is 1.62 bits per heavy atom. The van der Waals surface area contributed by atoms with Gasteiger partial charge in [0.2, 0.25) is 0 Å². The first-order chi connectivity index (χ1) is 11.5. The van der Waals surface area contributed by atoms with Crippen LogP contribution >= 0.6 is 15.9 Å². The minimum Gasteiger partial charge on any atom is -0.423 e. The summed E-state index contributed by atoms with van der Waals surface area (Å²) in [5.41, 5.74) is 4.92.